The Morgan fingerprint density at radius 1 is 0.958 bits per heavy atom. The molecule has 0 heterocycles. The Kier molecular flexibility index (Phi) is 5.00. The van der Waals surface area contributed by atoms with Gasteiger partial charge in [-0.3, -0.25) is 9.59 Å². The van der Waals surface area contributed by atoms with Crippen molar-refractivity contribution in [3.8, 4) is 0 Å². The number of rotatable bonds is 6. The molecular weight excluding hydrogens is 368 g/mol. The van der Waals surface area contributed by atoms with Crippen molar-refractivity contribution in [1.82, 2.24) is 5.32 Å². The maximum atomic E-state index is 12.5. The largest absolute Gasteiger partial charge is 0.355 e. The van der Waals surface area contributed by atoms with Gasteiger partial charge in [0.25, 0.3) is 0 Å². The zero-order valence-corrected chi connectivity index (χ0v) is 14.8. The van der Waals surface area contributed by atoms with Crippen molar-refractivity contribution in [2.24, 2.45) is 5.41 Å². The first-order valence-electron chi connectivity index (χ1n) is 7.99. The molecule has 4 nitrogen and oxygen atoms in total. The molecule has 0 aromatic heterocycles. The number of nitrogens with one attached hydrogen (secondary N) is 2. The maximum Gasteiger partial charge on any atom is 0.240 e. The molecule has 0 spiro atoms. The summed E-state index contributed by atoms with van der Waals surface area (Å²) in [4.78, 5) is 24.9. The van der Waals surface area contributed by atoms with Crippen molar-refractivity contribution >= 4 is 33.4 Å². The lowest BCUT2D eigenvalue weighted by molar-refractivity contribution is -0.134. The molecule has 1 fully saturated rings. The maximum absolute atomic E-state index is 12.5. The normalized spacial score (nSPS) is 14.7. The molecule has 124 valence electrons. The summed E-state index contributed by atoms with van der Waals surface area (Å²) in [6, 6.07) is 17.3. The van der Waals surface area contributed by atoms with Crippen molar-refractivity contribution in [3.63, 3.8) is 0 Å². The van der Waals surface area contributed by atoms with Crippen LogP contribution in [-0.2, 0) is 16.0 Å². The summed E-state index contributed by atoms with van der Waals surface area (Å²) in [5, 5.41) is 5.74. The predicted molar refractivity (Wildman–Crippen MR) is 97.6 cm³/mol. The summed E-state index contributed by atoms with van der Waals surface area (Å²) >= 11 is 3.36. The minimum absolute atomic E-state index is 0.173. The second kappa shape index (κ2) is 7.18. The van der Waals surface area contributed by atoms with Crippen molar-refractivity contribution in [3.05, 3.63) is 64.6 Å². The van der Waals surface area contributed by atoms with Gasteiger partial charge < -0.3 is 10.6 Å². The number of amides is 2. The van der Waals surface area contributed by atoms with Gasteiger partial charge in [0.15, 0.2) is 0 Å². The van der Waals surface area contributed by atoms with Gasteiger partial charge >= 0.3 is 0 Å². The zero-order chi connectivity index (χ0) is 17.0. The molecule has 2 aromatic carbocycles. The van der Waals surface area contributed by atoms with E-state index in [2.05, 4.69) is 26.6 Å². The van der Waals surface area contributed by atoms with E-state index in [1.807, 2.05) is 54.6 Å². The molecule has 2 amide bonds. The van der Waals surface area contributed by atoms with Crippen LogP contribution < -0.4 is 10.6 Å². The summed E-state index contributed by atoms with van der Waals surface area (Å²) in [5.74, 6) is -0.393. The third-order valence-corrected chi connectivity index (χ3v) is 4.79. The van der Waals surface area contributed by atoms with Gasteiger partial charge in [0.1, 0.15) is 5.41 Å². The van der Waals surface area contributed by atoms with Gasteiger partial charge in [-0.25, -0.2) is 0 Å². The lowest BCUT2D eigenvalue weighted by Gasteiger charge is -2.15. The van der Waals surface area contributed by atoms with Crippen molar-refractivity contribution < 1.29 is 9.59 Å². The molecule has 2 aromatic rings. The zero-order valence-electron chi connectivity index (χ0n) is 13.2. The highest BCUT2D eigenvalue weighted by molar-refractivity contribution is 9.10. The Bertz CT molecular complexity index is 725. The van der Waals surface area contributed by atoms with Gasteiger partial charge in [-0.15, -0.1) is 0 Å². The van der Waals surface area contributed by atoms with Crippen LogP contribution in [-0.4, -0.2) is 18.4 Å². The van der Waals surface area contributed by atoms with E-state index >= 15 is 0 Å². The Morgan fingerprint density at radius 3 is 2.25 bits per heavy atom. The molecule has 0 unspecified atom stereocenters. The third-order valence-electron chi connectivity index (χ3n) is 4.26. The van der Waals surface area contributed by atoms with E-state index in [9.17, 15) is 9.59 Å². The Balaban J connectivity index is 1.53. The lowest BCUT2D eigenvalue weighted by Crippen LogP contribution is -2.40. The van der Waals surface area contributed by atoms with Crippen LogP contribution in [0.4, 0.5) is 5.69 Å². The Morgan fingerprint density at radius 2 is 1.62 bits per heavy atom. The van der Waals surface area contributed by atoms with Crippen molar-refractivity contribution in [2.45, 2.75) is 19.3 Å². The van der Waals surface area contributed by atoms with Crippen LogP contribution in [0.5, 0.6) is 0 Å². The number of carbonyl (C=O) groups is 2. The standard InChI is InChI=1S/C19H19BrN2O2/c20-15-6-8-16(9-7-15)22-18(24)19(11-12-19)17(23)21-13-10-14-4-2-1-3-5-14/h1-9H,10-13H2,(H,21,23)(H,22,24). The van der Waals surface area contributed by atoms with Crippen LogP contribution in [0, 0.1) is 5.41 Å². The van der Waals surface area contributed by atoms with Gasteiger partial charge in [0, 0.05) is 16.7 Å². The summed E-state index contributed by atoms with van der Waals surface area (Å²) < 4.78 is 0.945. The average Bonchev–Trinajstić information content (AvgIpc) is 3.40. The minimum Gasteiger partial charge on any atom is -0.355 e. The van der Waals surface area contributed by atoms with Gasteiger partial charge in [-0.1, -0.05) is 46.3 Å². The van der Waals surface area contributed by atoms with Crippen LogP contribution in [0.2, 0.25) is 0 Å². The van der Waals surface area contributed by atoms with Crippen LogP contribution in [0.3, 0.4) is 0 Å². The molecule has 1 aliphatic carbocycles. The van der Waals surface area contributed by atoms with Crippen molar-refractivity contribution in [2.75, 3.05) is 11.9 Å². The predicted octanol–water partition coefficient (Wildman–Crippen LogP) is 3.53. The molecule has 2 N–H and O–H groups in total. The number of anilines is 1. The van der Waals surface area contributed by atoms with E-state index in [-0.39, 0.29) is 11.8 Å². The summed E-state index contributed by atoms with van der Waals surface area (Å²) in [5.41, 5.74) is 0.970. The number of benzene rings is 2. The molecule has 0 bridgehead atoms. The van der Waals surface area contributed by atoms with E-state index in [4.69, 9.17) is 0 Å². The quantitative estimate of drug-likeness (QED) is 0.746. The monoisotopic (exact) mass is 386 g/mol. The highest BCUT2D eigenvalue weighted by Crippen LogP contribution is 2.46. The van der Waals surface area contributed by atoms with E-state index in [1.54, 1.807) is 0 Å². The molecule has 0 aliphatic heterocycles. The van der Waals surface area contributed by atoms with Crippen LogP contribution >= 0.6 is 15.9 Å². The first kappa shape index (κ1) is 16.7. The number of hydrogen-bond acceptors (Lipinski definition) is 2. The van der Waals surface area contributed by atoms with Gasteiger partial charge in [0.2, 0.25) is 11.8 Å². The van der Waals surface area contributed by atoms with Gasteiger partial charge in [-0.05, 0) is 49.1 Å². The first-order valence-corrected chi connectivity index (χ1v) is 8.79. The fourth-order valence-corrected chi connectivity index (χ4v) is 2.86. The summed E-state index contributed by atoms with van der Waals surface area (Å²) in [7, 11) is 0. The molecule has 0 saturated heterocycles. The van der Waals surface area contributed by atoms with Gasteiger partial charge in [-0.2, -0.15) is 0 Å². The molecule has 3 rings (SSSR count). The molecule has 1 saturated carbocycles. The molecule has 1 aliphatic rings. The van der Waals surface area contributed by atoms with Gasteiger partial charge in [0.05, 0.1) is 0 Å². The average molecular weight is 387 g/mol. The SMILES string of the molecule is O=C(NCCc1ccccc1)C1(C(=O)Nc2ccc(Br)cc2)CC1. The third kappa shape index (κ3) is 3.85. The molecule has 5 heteroatoms. The van der Waals surface area contributed by atoms with E-state index < -0.39 is 5.41 Å². The fourth-order valence-electron chi connectivity index (χ4n) is 2.60. The number of hydrogen-bond donors (Lipinski definition) is 2. The molecule has 0 radical (unpaired) electrons. The van der Waals surface area contributed by atoms with Crippen molar-refractivity contribution in [1.29, 1.82) is 0 Å². The molecule has 24 heavy (non-hydrogen) atoms. The molecular formula is C19H19BrN2O2. The van der Waals surface area contributed by atoms with Crippen LogP contribution in [0.15, 0.2) is 59.1 Å². The lowest BCUT2D eigenvalue weighted by atomic mass is 10.0. The highest BCUT2D eigenvalue weighted by atomic mass is 79.9. The first-order chi connectivity index (χ1) is 11.6. The summed E-state index contributed by atoms with van der Waals surface area (Å²) in [6.45, 7) is 0.538. The second-order valence-corrected chi connectivity index (χ2v) is 6.95. The summed E-state index contributed by atoms with van der Waals surface area (Å²) in [6.07, 6.45) is 1.97. The number of halogens is 1. The van der Waals surface area contributed by atoms with E-state index in [1.165, 1.54) is 5.56 Å². The minimum atomic E-state index is -0.899. The second-order valence-electron chi connectivity index (χ2n) is 6.03. The smallest absolute Gasteiger partial charge is 0.240 e. The fraction of sp³-hybridized carbons (Fsp3) is 0.263. The van der Waals surface area contributed by atoms with E-state index in [0.29, 0.717) is 25.1 Å². The molecule has 0 atom stereocenters. The number of carbonyl (C=O) groups excluding carboxylic acids is 2. The van der Waals surface area contributed by atoms with E-state index in [0.717, 1.165) is 10.9 Å². The van der Waals surface area contributed by atoms with Crippen LogP contribution in [0.1, 0.15) is 18.4 Å². The van der Waals surface area contributed by atoms with Crippen LogP contribution in [0.25, 0.3) is 0 Å². The Labute approximate surface area is 149 Å². The highest BCUT2D eigenvalue weighted by Gasteiger charge is 2.56. The Hall–Kier alpha value is -2.14. The topological polar surface area (TPSA) is 58.2 Å².